The number of methoxy groups -OCH3 is 1. The van der Waals surface area contributed by atoms with E-state index in [2.05, 4.69) is 0 Å². The monoisotopic (exact) mass is 381 g/mol. The lowest BCUT2D eigenvalue weighted by atomic mass is 10.0. The minimum Gasteiger partial charge on any atom is -0.508 e. The van der Waals surface area contributed by atoms with E-state index >= 15 is 0 Å². The van der Waals surface area contributed by atoms with Gasteiger partial charge in [-0.2, -0.15) is 0 Å². The van der Waals surface area contributed by atoms with Crippen molar-refractivity contribution >= 4 is 35.4 Å². The molecule has 0 unspecified atom stereocenters. The van der Waals surface area contributed by atoms with Crippen molar-refractivity contribution in [2.75, 3.05) is 18.3 Å². The topological polar surface area (TPSA) is 66.8 Å². The second-order valence-electron chi connectivity index (χ2n) is 5.94. The number of ether oxygens (including phenoxy) is 1. The molecule has 1 N–H and O–H groups in total. The van der Waals surface area contributed by atoms with E-state index in [-0.39, 0.29) is 22.8 Å². The summed E-state index contributed by atoms with van der Waals surface area (Å²) in [4.78, 5) is 28.1. The van der Waals surface area contributed by atoms with Crippen LogP contribution in [-0.2, 0) is 14.3 Å². The van der Waals surface area contributed by atoms with Crippen molar-refractivity contribution in [3.05, 3.63) is 70.9 Å². The molecule has 2 aromatic carbocycles. The number of amides is 1. The van der Waals surface area contributed by atoms with Gasteiger partial charge in [0.15, 0.2) is 0 Å². The molecular weight excluding hydrogens is 362 g/mol. The van der Waals surface area contributed by atoms with Crippen LogP contribution in [0.3, 0.4) is 0 Å². The van der Waals surface area contributed by atoms with Crippen LogP contribution in [0.15, 0.2) is 70.3 Å². The summed E-state index contributed by atoms with van der Waals surface area (Å²) in [7, 11) is 1.29. The molecule has 0 spiro atoms. The number of esters is 1. The minimum absolute atomic E-state index is 0.130. The van der Waals surface area contributed by atoms with Crippen LogP contribution >= 0.6 is 11.8 Å². The molecule has 0 saturated carbocycles. The van der Waals surface area contributed by atoms with Gasteiger partial charge in [-0.15, -0.1) is 11.8 Å². The average Bonchev–Trinajstić information content (AvgIpc) is 2.92. The Morgan fingerprint density at radius 2 is 1.89 bits per heavy atom. The molecule has 0 atom stereocenters. The van der Waals surface area contributed by atoms with Crippen LogP contribution < -0.4 is 4.90 Å². The molecule has 5 nitrogen and oxygen atoms in total. The van der Waals surface area contributed by atoms with E-state index in [4.69, 9.17) is 4.74 Å². The number of carbonyl (C=O) groups excluding carboxylic acids is 2. The molecule has 0 saturated heterocycles. The van der Waals surface area contributed by atoms with Gasteiger partial charge in [-0.25, -0.2) is 4.79 Å². The van der Waals surface area contributed by atoms with Crippen LogP contribution in [0.1, 0.15) is 12.5 Å². The summed E-state index contributed by atoms with van der Waals surface area (Å²) in [6.45, 7) is 1.73. The third-order valence-corrected chi connectivity index (χ3v) is 5.03. The number of allylic oxidation sites excluding steroid dienone is 1. The number of carbonyl (C=O) groups is 2. The van der Waals surface area contributed by atoms with Crippen molar-refractivity contribution in [3.8, 4) is 5.75 Å². The maximum Gasteiger partial charge on any atom is 0.340 e. The van der Waals surface area contributed by atoms with Gasteiger partial charge in [-0.05, 0) is 55.2 Å². The summed E-state index contributed by atoms with van der Waals surface area (Å²) in [5.74, 6) is -0.723. The second-order valence-corrected chi connectivity index (χ2v) is 6.82. The van der Waals surface area contributed by atoms with E-state index in [1.807, 2.05) is 30.5 Å². The van der Waals surface area contributed by atoms with Gasteiger partial charge in [0, 0.05) is 10.6 Å². The lowest BCUT2D eigenvalue weighted by Crippen LogP contribution is -2.24. The van der Waals surface area contributed by atoms with Crippen LogP contribution in [-0.4, -0.2) is 30.3 Å². The lowest BCUT2D eigenvalue weighted by Gasteiger charge is -2.18. The molecule has 27 heavy (non-hydrogen) atoms. The fourth-order valence-corrected chi connectivity index (χ4v) is 3.43. The molecule has 6 heteroatoms. The molecule has 0 aliphatic carbocycles. The molecule has 0 radical (unpaired) electrons. The zero-order chi connectivity index (χ0) is 19.6. The highest BCUT2D eigenvalue weighted by atomic mass is 32.2. The van der Waals surface area contributed by atoms with Gasteiger partial charge < -0.3 is 9.84 Å². The highest BCUT2D eigenvalue weighted by Crippen LogP contribution is 2.36. The number of phenolic OH excluding ortho intramolecular Hbond substituents is 1. The third-order valence-electron chi connectivity index (χ3n) is 4.31. The Hall–Kier alpha value is -2.99. The zero-order valence-electron chi connectivity index (χ0n) is 15.2. The normalized spacial score (nSPS) is 15.6. The van der Waals surface area contributed by atoms with E-state index in [1.165, 1.54) is 24.1 Å². The molecular formula is C21H19NO4S. The summed E-state index contributed by atoms with van der Waals surface area (Å²) < 4.78 is 4.91. The van der Waals surface area contributed by atoms with Crippen molar-refractivity contribution in [2.24, 2.45) is 0 Å². The molecule has 2 aromatic rings. The van der Waals surface area contributed by atoms with Crippen molar-refractivity contribution in [1.82, 2.24) is 0 Å². The van der Waals surface area contributed by atoms with Crippen LogP contribution in [0.2, 0.25) is 0 Å². The van der Waals surface area contributed by atoms with Gasteiger partial charge >= 0.3 is 5.97 Å². The summed E-state index contributed by atoms with van der Waals surface area (Å²) in [5.41, 5.74) is 2.42. The third kappa shape index (κ3) is 3.61. The van der Waals surface area contributed by atoms with Gasteiger partial charge in [-0.1, -0.05) is 18.2 Å². The molecule has 1 aliphatic heterocycles. The van der Waals surface area contributed by atoms with Gasteiger partial charge in [0.25, 0.3) is 5.91 Å². The molecule has 1 aliphatic rings. The Morgan fingerprint density at radius 1 is 1.19 bits per heavy atom. The molecule has 0 fully saturated rings. The van der Waals surface area contributed by atoms with E-state index < -0.39 is 5.97 Å². The van der Waals surface area contributed by atoms with Crippen molar-refractivity contribution in [2.45, 2.75) is 11.8 Å². The molecule has 1 amide bonds. The highest BCUT2D eigenvalue weighted by molar-refractivity contribution is 7.98. The number of aromatic hydroxyl groups is 1. The summed E-state index contributed by atoms with van der Waals surface area (Å²) in [6, 6.07) is 14.0. The van der Waals surface area contributed by atoms with E-state index in [1.54, 1.807) is 36.9 Å². The molecule has 0 aromatic heterocycles. The number of hydrogen-bond acceptors (Lipinski definition) is 5. The van der Waals surface area contributed by atoms with Crippen molar-refractivity contribution in [3.63, 3.8) is 0 Å². The predicted molar refractivity (Wildman–Crippen MR) is 107 cm³/mol. The number of nitrogens with zero attached hydrogens (tertiary/aromatic N) is 1. The first-order chi connectivity index (χ1) is 13.0. The first-order valence-corrected chi connectivity index (χ1v) is 9.47. The first kappa shape index (κ1) is 18.8. The maximum atomic E-state index is 13.2. The molecule has 138 valence electrons. The van der Waals surface area contributed by atoms with Gasteiger partial charge in [-0.3, -0.25) is 9.69 Å². The lowest BCUT2D eigenvalue weighted by molar-refractivity contribution is -0.136. The van der Waals surface area contributed by atoms with E-state index in [0.717, 1.165) is 4.90 Å². The first-order valence-electron chi connectivity index (χ1n) is 8.25. The minimum atomic E-state index is -0.561. The number of thioether (sulfide) groups is 1. The van der Waals surface area contributed by atoms with E-state index in [9.17, 15) is 14.7 Å². The smallest absolute Gasteiger partial charge is 0.340 e. The maximum absolute atomic E-state index is 13.2. The Balaban J connectivity index is 2.12. The molecule has 3 rings (SSSR count). The summed E-state index contributed by atoms with van der Waals surface area (Å²) in [6.07, 6.45) is 3.60. The van der Waals surface area contributed by atoms with E-state index in [0.29, 0.717) is 16.9 Å². The standard InChI is InChI=1S/C21H19NO4S/c1-13-19(21(25)26-2)18(11-14-7-9-16(23)10-8-14)20(24)22(13)15-5-4-6-17(12-15)27-3/h4-12,23H,1-3H3/b18-11-. The zero-order valence-corrected chi connectivity index (χ0v) is 16.0. The number of rotatable bonds is 4. The molecule has 0 bridgehead atoms. The van der Waals surface area contributed by atoms with Crippen LogP contribution in [0.5, 0.6) is 5.75 Å². The Bertz CT molecular complexity index is 960. The van der Waals surface area contributed by atoms with Crippen LogP contribution in [0, 0.1) is 0 Å². The summed E-state index contributed by atoms with van der Waals surface area (Å²) >= 11 is 1.58. The van der Waals surface area contributed by atoms with Gasteiger partial charge in [0.2, 0.25) is 0 Å². The SMILES string of the molecule is COC(=O)C1=C(C)N(c2cccc(SC)c2)C(=O)/C1=C\c1ccc(O)cc1. The fraction of sp³-hybridized carbons (Fsp3) is 0.143. The van der Waals surface area contributed by atoms with Crippen LogP contribution in [0.25, 0.3) is 6.08 Å². The summed E-state index contributed by atoms with van der Waals surface area (Å²) in [5, 5.41) is 9.45. The number of phenols is 1. The Kier molecular flexibility index (Phi) is 5.37. The average molecular weight is 381 g/mol. The number of anilines is 1. The second kappa shape index (κ2) is 7.72. The van der Waals surface area contributed by atoms with Crippen LogP contribution in [0.4, 0.5) is 5.69 Å². The van der Waals surface area contributed by atoms with Crippen molar-refractivity contribution < 1.29 is 19.4 Å². The van der Waals surface area contributed by atoms with Gasteiger partial charge in [0.1, 0.15) is 5.75 Å². The number of benzene rings is 2. The van der Waals surface area contributed by atoms with Crippen molar-refractivity contribution in [1.29, 1.82) is 0 Å². The van der Waals surface area contributed by atoms with Gasteiger partial charge in [0.05, 0.1) is 23.9 Å². The largest absolute Gasteiger partial charge is 0.508 e. The Labute approximate surface area is 162 Å². The molecule has 1 heterocycles. The Morgan fingerprint density at radius 3 is 2.52 bits per heavy atom. The quantitative estimate of drug-likeness (QED) is 0.493. The number of hydrogen-bond donors (Lipinski definition) is 1. The predicted octanol–water partition coefficient (Wildman–Crippen LogP) is 3.99. The highest BCUT2D eigenvalue weighted by Gasteiger charge is 2.37. The fourth-order valence-electron chi connectivity index (χ4n) is 2.98.